The van der Waals surface area contributed by atoms with Gasteiger partial charge in [0, 0.05) is 25.7 Å². The smallest absolute Gasteiger partial charge is 0.462 e. The van der Waals surface area contributed by atoms with Crippen molar-refractivity contribution in [3.63, 3.8) is 0 Å². The third kappa shape index (κ3) is 64.8. The number of hydrogen-bond acceptors (Lipinski definition) is 15. The van der Waals surface area contributed by atoms with Crippen LogP contribution in [0.2, 0.25) is 0 Å². The van der Waals surface area contributed by atoms with Crippen molar-refractivity contribution < 1.29 is 80.2 Å². The first-order chi connectivity index (χ1) is 43.1. The van der Waals surface area contributed by atoms with Crippen molar-refractivity contribution in [2.75, 3.05) is 39.6 Å². The van der Waals surface area contributed by atoms with E-state index < -0.39 is 97.5 Å². The molecule has 0 aromatic heterocycles. The number of aliphatic hydroxyl groups is 1. The summed E-state index contributed by atoms with van der Waals surface area (Å²) in [6.45, 7) is 14.0. The molecule has 3 N–H and O–H groups in total. The quantitative estimate of drug-likeness (QED) is 0.0222. The van der Waals surface area contributed by atoms with Crippen LogP contribution in [0, 0.1) is 23.7 Å². The van der Waals surface area contributed by atoms with Crippen molar-refractivity contribution in [3.8, 4) is 0 Å². The topological polar surface area (TPSA) is 237 Å². The van der Waals surface area contributed by atoms with Crippen LogP contribution < -0.4 is 0 Å². The van der Waals surface area contributed by atoms with Gasteiger partial charge in [0.2, 0.25) is 0 Å². The van der Waals surface area contributed by atoms with E-state index in [1.54, 1.807) is 0 Å². The second-order valence-electron chi connectivity index (χ2n) is 27.5. The number of carbonyl (C=O) groups excluding carboxylic acids is 4. The first-order valence-electron chi connectivity index (χ1n) is 36.7. The third-order valence-electron chi connectivity index (χ3n) is 16.3. The number of phosphoric ester groups is 2. The monoisotopic (exact) mass is 1320 g/mol. The van der Waals surface area contributed by atoms with Gasteiger partial charge in [0.1, 0.15) is 19.3 Å². The van der Waals surface area contributed by atoms with Crippen LogP contribution in [-0.2, 0) is 65.4 Å². The third-order valence-corrected chi connectivity index (χ3v) is 18.2. The number of unbranched alkanes of at least 4 members (excludes halogenated alkanes) is 34. The number of rotatable bonds is 68. The lowest BCUT2D eigenvalue weighted by Gasteiger charge is -2.21. The summed E-state index contributed by atoms with van der Waals surface area (Å²) in [6.07, 6.45) is 43.5. The summed E-state index contributed by atoms with van der Waals surface area (Å²) in [7, 11) is -9.90. The molecular weight excluding hydrogens is 1190 g/mol. The van der Waals surface area contributed by atoms with E-state index in [4.69, 9.17) is 37.0 Å². The molecule has 0 aliphatic heterocycles. The van der Waals surface area contributed by atoms with Crippen molar-refractivity contribution in [2.45, 2.75) is 369 Å². The van der Waals surface area contributed by atoms with Gasteiger partial charge in [-0.05, 0) is 49.4 Å². The van der Waals surface area contributed by atoms with E-state index in [0.717, 1.165) is 108 Å². The number of ether oxygens (including phenoxy) is 4. The maximum absolute atomic E-state index is 13.0. The van der Waals surface area contributed by atoms with Gasteiger partial charge in [-0.2, -0.15) is 0 Å². The summed E-state index contributed by atoms with van der Waals surface area (Å²) in [5, 5.41) is 10.6. The summed E-state index contributed by atoms with van der Waals surface area (Å²) in [6, 6.07) is 0. The van der Waals surface area contributed by atoms with E-state index in [2.05, 4.69) is 55.4 Å². The fraction of sp³-hybridized carbons (Fsp3) is 0.944. The van der Waals surface area contributed by atoms with Crippen LogP contribution in [0.5, 0.6) is 0 Å². The van der Waals surface area contributed by atoms with Crippen molar-refractivity contribution in [2.24, 2.45) is 23.7 Å². The number of carbonyl (C=O) groups is 4. The molecule has 0 aliphatic rings. The highest BCUT2D eigenvalue weighted by atomic mass is 31.2. The second-order valence-corrected chi connectivity index (χ2v) is 30.4. The second kappa shape index (κ2) is 60.7. The Hall–Kier alpha value is -1.94. The molecule has 19 heteroatoms. The Labute approximate surface area is 549 Å². The summed E-state index contributed by atoms with van der Waals surface area (Å²) in [4.78, 5) is 72.5. The molecule has 0 rings (SSSR count). The van der Waals surface area contributed by atoms with Gasteiger partial charge in [0.15, 0.2) is 12.2 Å². The molecule has 534 valence electrons. The molecule has 5 atom stereocenters. The lowest BCUT2D eigenvalue weighted by atomic mass is 10.0. The molecule has 0 heterocycles. The minimum absolute atomic E-state index is 0.101. The van der Waals surface area contributed by atoms with E-state index in [-0.39, 0.29) is 25.7 Å². The Bertz CT molecular complexity index is 1780. The summed E-state index contributed by atoms with van der Waals surface area (Å²) in [5.74, 6) is 0.782. The Balaban J connectivity index is 5.20. The zero-order valence-corrected chi connectivity index (χ0v) is 60.6. The van der Waals surface area contributed by atoms with E-state index in [1.807, 2.05) is 0 Å². The van der Waals surface area contributed by atoms with Gasteiger partial charge in [0.05, 0.1) is 26.4 Å². The molecule has 0 amide bonds. The maximum atomic E-state index is 13.0. The summed E-state index contributed by atoms with van der Waals surface area (Å²) >= 11 is 0. The van der Waals surface area contributed by atoms with Crippen molar-refractivity contribution >= 4 is 39.5 Å². The van der Waals surface area contributed by atoms with Gasteiger partial charge in [0.25, 0.3) is 0 Å². The van der Waals surface area contributed by atoms with Crippen LogP contribution in [0.15, 0.2) is 0 Å². The molecule has 90 heavy (non-hydrogen) atoms. The fourth-order valence-electron chi connectivity index (χ4n) is 10.7. The molecular formula is C71H138O17P2. The number of esters is 4. The Morgan fingerprint density at radius 1 is 0.278 bits per heavy atom. The average Bonchev–Trinajstić information content (AvgIpc) is 2.62. The van der Waals surface area contributed by atoms with Gasteiger partial charge < -0.3 is 33.8 Å². The zero-order valence-electron chi connectivity index (χ0n) is 58.8. The van der Waals surface area contributed by atoms with E-state index in [9.17, 15) is 43.2 Å². The number of hydrogen-bond donors (Lipinski definition) is 3. The maximum Gasteiger partial charge on any atom is 0.472 e. The van der Waals surface area contributed by atoms with Crippen LogP contribution in [0.25, 0.3) is 0 Å². The highest BCUT2D eigenvalue weighted by Crippen LogP contribution is 2.45. The van der Waals surface area contributed by atoms with E-state index in [0.29, 0.717) is 37.5 Å². The predicted molar refractivity (Wildman–Crippen MR) is 363 cm³/mol. The molecule has 17 nitrogen and oxygen atoms in total. The first kappa shape index (κ1) is 88.1. The van der Waals surface area contributed by atoms with Gasteiger partial charge >= 0.3 is 39.5 Å². The lowest BCUT2D eigenvalue weighted by molar-refractivity contribution is -0.161. The summed E-state index contributed by atoms with van der Waals surface area (Å²) < 4.78 is 68.2. The van der Waals surface area contributed by atoms with Gasteiger partial charge in [-0.3, -0.25) is 37.3 Å². The number of phosphoric acid groups is 2. The highest BCUT2D eigenvalue weighted by molar-refractivity contribution is 7.47. The Morgan fingerprint density at radius 2 is 0.467 bits per heavy atom. The molecule has 0 saturated carbocycles. The van der Waals surface area contributed by atoms with E-state index in [1.165, 1.54) is 148 Å². The SMILES string of the molecule is CC(C)CCCCCCCCCCCCCCCCCCC(=O)O[C@H](COC(=O)CCCCCCCCCCCCC(C)C)COP(=O)(O)OC[C@@H](O)COP(=O)(O)OC[C@@H](COC(=O)CCCCCCCCC(C)C)OC(=O)CCCCCCCCC(C)C. The molecule has 0 fully saturated rings. The standard InChI is InChI=1S/C71H138O17P2/c1-61(2)47-39-31-23-19-15-13-11-9-10-12-14-16-22-26-37-45-53-70(75)87-66(57-81-68(73)51-43-35-25-21-18-17-20-24-32-40-48-62(3)4)59-85-89(77,78)83-55-65(72)56-84-90(79,80)86-60-67(88-71(76)54-46-38-30-28-34-42-50-64(7)8)58-82-69(74)52-44-36-29-27-33-41-49-63(5)6/h61-67,72H,9-60H2,1-8H3,(H,77,78)(H,79,80)/t65-,66-,67-/m1/s1. The molecule has 0 aromatic rings. The minimum atomic E-state index is -4.95. The molecule has 0 aliphatic carbocycles. The van der Waals surface area contributed by atoms with Gasteiger partial charge in [-0.1, -0.05) is 299 Å². The predicted octanol–water partition coefficient (Wildman–Crippen LogP) is 20.1. The van der Waals surface area contributed by atoms with Gasteiger partial charge in [-0.15, -0.1) is 0 Å². The van der Waals surface area contributed by atoms with Gasteiger partial charge in [-0.25, -0.2) is 9.13 Å². The average molecular weight is 1330 g/mol. The molecule has 0 radical (unpaired) electrons. The lowest BCUT2D eigenvalue weighted by Crippen LogP contribution is -2.30. The van der Waals surface area contributed by atoms with Crippen LogP contribution in [0.1, 0.15) is 351 Å². The normalized spacial score (nSPS) is 14.3. The van der Waals surface area contributed by atoms with Crippen LogP contribution in [0.4, 0.5) is 0 Å². The molecule has 0 spiro atoms. The minimum Gasteiger partial charge on any atom is -0.462 e. The Kier molecular flexibility index (Phi) is 59.4. The molecule has 2 unspecified atom stereocenters. The molecule has 0 saturated heterocycles. The largest absolute Gasteiger partial charge is 0.472 e. The fourth-order valence-corrected chi connectivity index (χ4v) is 12.2. The highest BCUT2D eigenvalue weighted by Gasteiger charge is 2.30. The first-order valence-corrected chi connectivity index (χ1v) is 39.7. The van der Waals surface area contributed by atoms with E-state index >= 15 is 0 Å². The molecule has 0 aromatic carbocycles. The number of aliphatic hydroxyl groups excluding tert-OH is 1. The van der Waals surface area contributed by atoms with Crippen molar-refractivity contribution in [1.82, 2.24) is 0 Å². The van der Waals surface area contributed by atoms with Crippen molar-refractivity contribution in [3.05, 3.63) is 0 Å². The summed E-state index contributed by atoms with van der Waals surface area (Å²) in [5.41, 5.74) is 0. The van der Waals surface area contributed by atoms with Crippen LogP contribution >= 0.6 is 15.6 Å². The van der Waals surface area contributed by atoms with Crippen LogP contribution in [0.3, 0.4) is 0 Å². The van der Waals surface area contributed by atoms with Crippen LogP contribution in [-0.4, -0.2) is 96.7 Å². The molecule has 0 bridgehead atoms. The zero-order chi connectivity index (χ0) is 66.8. The Morgan fingerprint density at radius 3 is 0.689 bits per heavy atom. The van der Waals surface area contributed by atoms with Crippen molar-refractivity contribution in [1.29, 1.82) is 0 Å².